The van der Waals surface area contributed by atoms with Gasteiger partial charge < -0.3 is 4.57 Å². The number of nitrogens with zero attached hydrogens (tertiary/aromatic N) is 3. The molecule has 3 aromatic rings. The first kappa shape index (κ1) is 14.8. The molecule has 5 heteroatoms. The lowest BCUT2D eigenvalue weighted by atomic mass is 10.2. The van der Waals surface area contributed by atoms with Crippen LogP contribution in [0.4, 0.5) is 0 Å². The summed E-state index contributed by atoms with van der Waals surface area (Å²) in [5.74, 6) is 1.59. The van der Waals surface area contributed by atoms with Gasteiger partial charge in [-0.15, -0.1) is 11.8 Å². The summed E-state index contributed by atoms with van der Waals surface area (Å²) in [6, 6.07) is 9.87. The van der Waals surface area contributed by atoms with Crippen LogP contribution in [0.1, 0.15) is 24.2 Å². The Morgan fingerprint density at radius 2 is 1.95 bits per heavy atom. The molecule has 0 saturated carbocycles. The van der Waals surface area contributed by atoms with Gasteiger partial charge in [0.25, 0.3) is 0 Å². The van der Waals surface area contributed by atoms with E-state index in [0.717, 1.165) is 40.2 Å². The molecule has 4 nitrogen and oxygen atoms in total. The second-order valence-corrected chi connectivity index (χ2v) is 6.09. The number of fused-ring (bicyclic) bond motifs is 1. The number of carbonyl (C=O) groups excluding carboxylic acids is 1. The molecule has 0 N–H and O–H groups in total. The molecule has 0 radical (unpaired) electrons. The van der Waals surface area contributed by atoms with Gasteiger partial charge in [-0.05, 0) is 12.7 Å². The summed E-state index contributed by atoms with van der Waals surface area (Å²) in [5, 5.41) is 0.932. The van der Waals surface area contributed by atoms with E-state index >= 15 is 0 Å². The van der Waals surface area contributed by atoms with Gasteiger partial charge in [-0.1, -0.05) is 37.3 Å². The van der Waals surface area contributed by atoms with Crippen molar-refractivity contribution in [2.45, 2.75) is 25.4 Å². The lowest BCUT2D eigenvalue weighted by Gasteiger charge is -2.08. The van der Waals surface area contributed by atoms with Crippen LogP contribution < -0.4 is 0 Å². The maximum absolute atomic E-state index is 11.4. The summed E-state index contributed by atoms with van der Waals surface area (Å²) in [6.07, 6.45) is 2.73. The Bertz CT molecular complexity index is 812. The normalized spacial score (nSPS) is 11.0. The molecule has 3 rings (SSSR count). The summed E-state index contributed by atoms with van der Waals surface area (Å²) in [7, 11) is 0. The molecule has 0 aliphatic heterocycles. The van der Waals surface area contributed by atoms with Gasteiger partial charge >= 0.3 is 0 Å². The van der Waals surface area contributed by atoms with Gasteiger partial charge in [-0.25, -0.2) is 9.97 Å². The van der Waals surface area contributed by atoms with Gasteiger partial charge in [0.05, 0.1) is 5.56 Å². The third-order valence-electron chi connectivity index (χ3n) is 3.49. The number of thioether (sulfide) groups is 1. The number of aromatic nitrogens is 3. The molecule has 0 bridgehead atoms. The van der Waals surface area contributed by atoms with Crippen molar-refractivity contribution in [2.75, 3.05) is 5.75 Å². The molecular weight excluding hydrogens is 294 g/mol. The predicted octanol–water partition coefficient (Wildman–Crippen LogP) is 4.04. The van der Waals surface area contributed by atoms with E-state index in [1.807, 2.05) is 41.1 Å². The first-order chi connectivity index (χ1) is 10.8. The fourth-order valence-corrected chi connectivity index (χ4v) is 3.25. The summed E-state index contributed by atoms with van der Waals surface area (Å²) >= 11 is 1.68. The second-order valence-electron chi connectivity index (χ2n) is 4.84. The van der Waals surface area contributed by atoms with E-state index in [1.54, 1.807) is 11.8 Å². The molecule has 1 aromatic carbocycles. The molecule has 0 unspecified atom stereocenters. The highest BCUT2D eigenvalue weighted by atomic mass is 32.2. The Balaban J connectivity index is 2.31. The highest BCUT2D eigenvalue weighted by Crippen LogP contribution is 2.30. The monoisotopic (exact) mass is 311 g/mol. The summed E-state index contributed by atoms with van der Waals surface area (Å²) in [5.41, 5.74) is 3.27. The van der Waals surface area contributed by atoms with Crippen molar-refractivity contribution in [1.82, 2.24) is 14.5 Å². The Kier molecular flexibility index (Phi) is 4.24. The van der Waals surface area contributed by atoms with Crippen LogP contribution in [0, 0.1) is 0 Å². The van der Waals surface area contributed by atoms with Gasteiger partial charge in [-0.2, -0.15) is 0 Å². The van der Waals surface area contributed by atoms with Crippen LogP contribution in [0.2, 0.25) is 0 Å². The number of aldehydes is 1. The minimum atomic E-state index is 0.620. The third-order valence-corrected chi connectivity index (χ3v) is 4.34. The van der Waals surface area contributed by atoms with Crippen LogP contribution >= 0.6 is 11.8 Å². The Morgan fingerprint density at radius 3 is 2.59 bits per heavy atom. The molecule has 0 amide bonds. The van der Waals surface area contributed by atoms with Crippen molar-refractivity contribution >= 4 is 29.1 Å². The highest BCUT2D eigenvalue weighted by Gasteiger charge is 2.16. The first-order valence-electron chi connectivity index (χ1n) is 7.32. The molecule has 0 saturated heterocycles. The average molecular weight is 311 g/mol. The van der Waals surface area contributed by atoms with E-state index in [-0.39, 0.29) is 0 Å². The quantitative estimate of drug-likeness (QED) is 0.405. The lowest BCUT2D eigenvalue weighted by molar-refractivity contribution is 0.112. The number of aryl methyl sites for hydroxylation is 1. The minimum Gasteiger partial charge on any atom is -0.343 e. The summed E-state index contributed by atoms with van der Waals surface area (Å²) in [6.45, 7) is 4.94. The molecular formula is C17H17N3OS. The van der Waals surface area contributed by atoms with Gasteiger partial charge in [-0.3, -0.25) is 4.79 Å². The fourth-order valence-electron chi connectivity index (χ4n) is 2.48. The summed E-state index contributed by atoms with van der Waals surface area (Å²) < 4.78 is 2.05. The van der Waals surface area contributed by atoms with Gasteiger partial charge in [0.2, 0.25) is 0 Å². The standard InChI is InChI=1S/C17H17N3OS/c1-3-20-10-13(11-21)14-15(20)17(22-4-2)19-16(18-14)12-8-6-5-7-9-12/h5-11H,3-4H2,1-2H3. The first-order valence-corrected chi connectivity index (χ1v) is 8.31. The molecule has 0 fully saturated rings. The molecule has 2 aromatic heterocycles. The van der Waals surface area contributed by atoms with E-state index < -0.39 is 0 Å². The number of carbonyl (C=O) groups is 1. The van der Waals surface area contributed by atoms with Crippen LogP contribution in [0.25, 0.3) is 22.4 Å². The van der Waals surface area contributed by atoms with Gasteiger partial charge in [0.15, 0.2) is 12.1 Å². The molecule has 0 aliphatic rings. The van der Waals surface area contributed by atoms with Crippen LogP contribution in [0.5, 0.6) is 0 Å². The van der Waals surface area contributed by atoms with E-state index in [9.17, 15) is 4.79 Å². The van der Waals surface area contributed by atoms with E-state index in [4.69, 9.17) is 4.98 Å². The van der Waals surface area contributed by atoms with Crippen molar-refractivity contribution < 1.29 is 4.79 Å². The predicted molar refractivity (Wildman–Crippen MR) is 90.4 cm³/mol. The maximum atomic E-state index is 11.4. The maximum Gasteiger partial charge on any atom is 0.161 e. The topological polar surface area (TPSA) is 47.8 Å². The van der Waals surface area contributed by atoms with Crippen molar-refractivity contribution in [1.29, 1.82) is 0 Å². The Labute approximate surface area is 133 Å². The number of hydrogen-bond donors (Lipinski definition) is 0. The van der Waals surface area contributed by atoms with Gasteiger partial charge in [0.1, 0.15) is 16.1 Å². The van der Waals surface area contributed by atoms with Crippen LogP contribution in [0.3, 0.4) is 0 Å². The van der Waals surface area contributed by atoms with Gasteiger partial charge in [0, 0.05) is 18.3 Å². The average Bonchev–Trinajstić information content (AvgIpc) is 2.94. The van der Waals surface area contributed by atoms with Crippen molar-refractivity contribution in [3.05, 3.63) is 42.1 Å². The number of benzene rings is 1. The van der Waals surface area contributed by atoms with Crippen LogP contribution in [0.15, 0.2) is 41.6 Å². The van der Waals surface area contributed by atoms with Crippen LogP contribution in [-0.4, -0.2) is 26.6 Å². The molecule has 112 valence electrons. The molecule has 0 atom stereocenters. The molecule has 0 aliphatic carbocycles. The number of rotatable bonds is 5. The molecule has 0 spiro atoms. The molecule has 2 heterocycles. The van der Waals surface area contributed by atoms with E-state index in [1.165, 1.54) is 0 Å². The van der Waals surface area contributed by atoms with E-state index in [0.29, 0.717) is 11.4 Å². The second kappa shape index (κ2) is 6.32. The fraction of sp³-hybridized carbons (Fsp3) is 0.235. The molecule has 22 heavy (non-hydrogen) atoms. The Hall–Kier alpha value is -2.14. The van der Waals surface area contributed by atoms with Crippen molar-refractivity contribution in [3.8, 4) is 11.4 Å². The van der Waals surface area contributed by atoms with Crippen LogP contribution in [-0.2, 0) is 6.54 Å². The largest absolute Gasteiger partial charge is 0.343 e. The zero-order valence-electron chi connectivity index (χ0n) is 12.6. The lowest BCUT2D eigenvalue weighted by Crippen LogP contribution is -1.98. The van der Waals surface area contributed by atoms with Crippen molar-refractivity contribution in [2.24, 2.45) is 0 Å². The zero-order chi connectivity index (χ0) is 15.5. The number of hydrogen-bond acceptors (Lipinski definition) is 4. The highest BCUT2D eigenvalue weighted by molar-refractivity contribution is 7.99. The third kappa shape index (κ3) is 2.52. The van der Waals surface area contributed by atoms with E-state index in [2.05, 4.69) is 18.8 Å². The van der Waals surface area contributed by atoms with Crippen molar-refractivity contribution in [3.63, 3.8) is 0 Å². The smallest absolute Gasteiger partial charge is 0.161 e. The Morgan fingerprint density at radius 1 is 1.18 bits per heavy atom. The SMILES string of the molecule is CCSc1nc(-c2ccccc2)nc2c(C=O)cn(CC)c12. The summed E-state index contributed by atoms with van der Waals surface area (Å²) in [4.78, 5) is 20.8. The minimum absolute atomic E-state index is 0.620. The zero-order valence-corrected chi connectivity index (χ0v) is 13.4.